The standard InChI is InChI=1S/C35H34Cl3N3O9S2/c1-33(2)26(28(43)47-18-21-10-6-4-7-11-21)41-29(44)35(51-3,30(41)52-33)40-27(42)25(39-31(45)49-20-34(36,37)38)23-14-16-24(17-15-23)50-32(46)48-19-22-12-8-5-9-13-22/h4-17,25-26,30H,18-20H2,1-3H3,(H,39,45)(H,40,42)/t25?,26-,30+,35-/m0/s1. The Balaban J connectivity index is 1.31. The molecule has 4 atom stereocenters. The zero-order valence-electron chi connectivity index (χ0n) is 28.0. The summed E-state index contributed by atoms with van der Waals surface area (Å²) in [5, 5.41) is 4.62. The van der Waals surface area contributed by atoms with Gasteiger partial charge in [-0.25, -0.2) is 14.4 Å². The van der Waals surface area contributed by atoms with Crippen LogP contribution in [0.5, 0.6) is 5.75 Å². The minimum Gasteiger partial charge on any atom is -0.459 e. The molecule has 0 aromatic heterocycles. The van der Waals surface area contributed by atoms with Crippen LogP contribution >= 0.6 is 58.3 Å². The number of hydrogen-bond acceptors (Lipinski definition) is 11. The first-order valence-electron chi connectivity index (χ1n) is 15.7. The van der Waals surface area contributed by atoms with Crippen LogP contribution in [0.1, 0.15) is 36.6 Å². The van der Waals surface area contributed by atoms with Crippen LogP contribution in [0, 0.1) is 0 Å². The fourth-order valence-corrected chi connectivity index (χ4v) is 8.57. The van der Waals surface area contributed by atoms with E-state index in [0.29, 0.717) is 0 Å². The van der Waals surface area contributed by atoms with Gasteiger partial charge in [0, 0.05) is 4.75 Å². The maximum atomic E-state index is 14.1. The molecule has 52 heavy (non-hydrogen) atoms. The number of rotatable bonds is 12. The number of alkyl halides is 3. The molecular formula is C35H34Cl3N3O9S2. The van der Waals surface area contributed by atoms with E-state index in [2.05, 4.69) is 10.6 Å². The molecule has 276 valence electrons. The summed E-state index contributed by atoms with van der Waals surface area (Å²) in [5.41, 5.74) is 1.80. The molecule has 1 unspecified atom stereocenters. The first kappa shape index (κ1) is 39.4. The van der Waals surface area contributed by atoms with Crippen LogP contribution in [0.2, 0.25) is 0 Å². The van der Waals surface area contributed by atoms with E-state index in [1.807, 2.05) is 62.4 Å². The van der Waals surface area contributed by atoms with Gasteiger partial charge in [-0.15, -0.1) is 23.5 Å². The van der Waals surface area contributed by atoms with Gasteiger partial charge >= 0.3 is 18.2 Å². The number of nitrogens with zero attached hydrogens (tertiary/aromatic N) is 1. The van der Waals surface area contributed by atoms with E-state index in [1.165, 1.54) is 40.9 Å². The van der Waals surface area contributed by atoms with Crippen LogP contribution in [0.3, 0.4) is 0 Å². The van der Waals surface area contributed by atoms with Crippen LogP contribution in [0.25, 0.3) is 0 Å². The highest BCUT2D eigenvalue weighted by Crippen LogP contribution is 2.58. The quantitative estimate of drug-likeness (QED) is 0.0514. The Labute approximate surface area is 323 Å². The van der Waals surface area contributed by atoms with Crippen molar-refractivity contribution in [1.82, 2.24) is 15.5 Å². The molecule has 0 radical (unpaired) electrons. The van der Waals surface area contributed by atoms with Gasteiger partial charge < -0.3 is 34.5 Å². The summed E-state index contributed by atoms with van der Waals surface area (Å²) < 4.78 is 18.3. The highest BCUT2D eigenvalue weighted by molar-refractivity contribution is 8.05. The Morgan fingerprint density at radius 3 is 2.02 bits per heavy atom. The van der Waals surface area contributed by atoms with E-state index in [4.69, 9.17) is 53.8 Å². The lowest BCUT2D eigenvalue weighted by atomic mass is 9.95. The van der Waals surface area contributed by atoms with Crippen LogP contribution in [-0.4, -0.2) is 72.6 Å². The molecule has 2 aliphatic rings. The number of amides is 3. The number of carbonyl (C=O) groups excluding carboxylic acids is 5. The van der Waals surface area contributed by atoms with Crippen molar-refractivity contribution in [1.29, 1.82) is 0 Å². The predicted octanol–water partition coefficient (Wildman–Crippen LogP) is 6.52. The molecule has 2 fully saturated rings. The van der Waals surface area contributed by atoms with Crippen molar-refractivity contribution in [3.05, 3.63) is 102 Å². The first-order valence-corrected chi connectivity index (χ1v) is 18.9. The average Bonchev–Trinajstić information content (AvgIpc) is 3.39. The molecule has 2 aliphatic heterocycles. The van der Waals surface area contributed by atoms with Crippen LogP contribution in [0.4, 0.5) is 9.59 Å². The summed E-state index contributed by atoms with van der Waals surface area (Å²) in [6.07, 6.45) is -0.382. The number of esters is 1. The number of carbonyl (C=O) groups is 5. The SMILES string of the molecule is CS[C@@]1(NC(=O)C(NC(=O)OCC(Cl)(Cl)Cl)c2ccc(OC(=O)OCc3ccccc3)cc2)C(=O)N2[C@@H](C(=O)OCc3ccccc3)C(C)(C)S[C@@H]21. The summed E-state index contributed by atoms with van der Waals surface area (Å²) in [5.74, 6) is -1.76. The van der Waals surface area contributed by atoms with Crippen molar-refractivity contribution >= 4 is 88.4 Å². The van der Waals surface area contributed by atoms with E-state index in [0.717, 1.165) is 22.9 Å². The third-order valence-electron chi connectivity index (χ3n) is 8.09. The summed E-state index contributed by atoms with van der Waals surface area (Å²) >= 11 is 19.6. The molecule has 2 heterocycles. The number of hydrogen-bond donors (Lipinski definition) is 2. The molecule has 0 aliphatic carbocycles. The van der Waals surface area contributed by atoms with Crippen molar-refractivity contribution in [2.45, 2.75) is 57.9 Å². The Hall–Kier alpha value is -3.82. The predicted molar refractivity (Wildman–Crippen MR) is 198 cm³/mol. The van der Waals surface area contributed by atoms with Crippen molar-refractivity contribution in [3.63, 3.8) is 0 Å². The van der Waals surface area contributed by atoms with E-state index < -0.39 is 67.5 Å². The molecular weight excluding hydrogens is 777 g/mol. The zero-order chi connectivity index (χ0) is 37.7. The molecule has 3 aromatic rings. The number of nitrogens with one attached hydrogen (secondary N) is 2. The second-order valence-corrected chi connectivity index (χ2v) is 17.5. The van der Waals surface area contributed by atoms with Gasteiger partial charge in [-0.1, -0.05) is 108 Å². The maximum absolute atomic E-state index is 14.1. The van der Waals surface area contributed by atoms with E-state index >= 15 is 0 Å². The molecule has 2 N–H and O–H groups in total. The average molecular weight is 811 g/mol. The lowest BCUT2D eigenvalue weighted by molar-refractivity contribution is -0.167. The monoisotopic (exact) mass is 809 g/mol. The third-order valence-corrected chi connectivity index (χ3v) is 11.3. The van der Waals surface area contributed by atoms with E-state index in [-0.39, 0.29) is 24.5 Å². The lowest BCUT2D eigenvalue weighted by Gasteiger charge is -2.52. The topological polar surface area (TPSA) is 150 Å². The zero-order valence-corrected chi connectivity index (χ0v) is 31.9. The number of halogens is 3. The molecule has 0 spiro atoms. The Kier molecular flexibility index (Phi) is 12.5. The van der Waals surface area contributed by atoms with Crippen molar-refractivity contribution in [3.8, 4) is 5.75 Å². The minimum atomic E-state index is -1.92. The van der Waals surface area contributed by atoms with Gasteiger partial charge in [-0.3, -0.25) is 9.59 Å². The smallest absolute Gasteiger partial charge is 0.459 e. The van der Waals surface area contributed by atoms with Crippen LogP contribution in [0.15, 0.2) is 84.9 Å². The van der Waals surface area contributed by atoms with E-state index in [1.54, 1.807) is 18.4 Å². The van der Waals surface area contributed by atoms with Crippen LogP contribution in [-0.2, 0) is 41.8 Å². The number of β-lactam (4-membered cyclic amide) rings is 1. The second kappa shape index (κ2) is 16.5. The number of alkyl carbamates (subject to hydrolysis) is 1. The minimum absolute atomic E-state index is 0.000351. The molecule has 0 bridgehead atoms. The highest BCUT2D eigenvalue weighted by atomic mass is 35.6. The lowest BCUT2D eigenvalue weighted by Crippen LogP contribution is -2.78. The highest BCUT2D eigenvalue weighted by Gasteiger charge is 2.72. The van der Waals surface area contributed by atoms with Gasteiger partial charge in [-0.05, 0) is 48.9 Å². The number of thioether (sulfide) groups is 2. The van der Waals surface area contributed by atoms with Crippen LogP contribution < -0.4 is 15.4 Å². The summed E-state index contributed by atoms with van der Waals surface area (Å²) in [6, 6.07) is 21.5. The summed E-state index contributed by atoms with van der Waals surface area (Å²) in [6.45, 7) is 3.08. The number of ether oxygens (including phenoxy) is 4. The number of benzene rings is 3. The van der Waals surface area contributed by atoms with Crippen molar-refractivity contribution in [2.75, 3.05) is 12.9 Å². The van der Waals surface area contributed by atoms with E-state index in [9.17, 15) is 24.0 Å². The van der Waals surface area contributed by atoms with Crippen molar-refractivity contribution < 1.29 is 42.9 Å². The van der Waals surface area contributed by atoms with Gasteiger partial charge in [0.15, 0.2) is 4.87 Å². The Morgan fingerprint density at radius 2 is 1.46 bits per heavy atom. The Bertz CT molecular complexity index is 1780. The van der Waals surface area contributed by atoms with Gasteiger partial charge in [0.1, 0.15) is 43.0 Å². The molecule has 2 saturated heterocycles. The van der Waals surface area contributed by atoms with Crippen molar-refractivity contribution in [2.24, 2.45) is 0 Å². The number of fused-ring (bicyclic) bond motifs is 1. The fourth-order valence-electron chi connectivity index (χ4n) is 5.61. The van der Waals surface area contributed by atoms with Gasteiger partial charge in [0.2, 0.25) is 9.70 Å². The molecule has 12 nitrogen and oxygen atoms in total. The summed E-state index contributed by atoms with van der Waals surface area (Å²) in [4.78, 5) is 66.4. The van der Waals surface area contributed by atoms with Gasteiger partial charge in [0.05, 0.1) is 0 Å². The molecule has 5 rings (SSSR count). The van der Waals surface area contributed by atoms with Gasteiger partial charge in [-0.2, -0.15) is 0 Å². The third kappa shape index (κ3) is 9.21. The first-order chi connectivity index (χ1) is 24.6. The molecule has 3 aromatic carbocycles. The molecule has 17 heteroatoms. The molecule has 3 amide bonds. The molecule has 0 saturated carbocycles. The van der Waals surface area contributed by atoms with Gasteiger partial charge in [0.25, 0.3) is 5.91 Å². The normalized spacial score (nSPS) is 20.8. The summed E-state index contributed by atoms with van der Waals surface area (Å²) in [7, 11) is 0. The largest absolute Gasteiger partial charge is 0.514 e. The fraction of sp³-hybridized carbons (Fsp3) is 0.343. The second-order valence-electron chi connectivity index (χ2n) is 12.2. The Morgan fingerprint density at radius 1 is 0.885 bits per heavy atom. The maximum Gasteiger partial charge on any atom is 0.514 e.